The summed E-state index contributed by atoms with van der Waals surface area (Å²) in [4.78, 5) is 4.06. The first-order valence-corrected chi connectivity index (χ1v) is 6.84. The first kappa shape index (κ1) is 12.0. The van der Waals surface area contributed by atoms with Crippen molar-refractivity contribution in [3.05, 3.63) is 54.4 Å². The highest BCUT2D eigenvalue weighted by atomic mass is 14.6. The maximum atomic E-state index is 6.15. The van der Waals surface area contributed by atoms with E-state index in [1.807, 2.05) is 30.6 Å². The minimum absolute atomic E-state index is 0.881. The Labute approximate surface area is 114 Å². The van der Waals surface area contributed by atoms with Crippen LogP contribution in [0.1, 0.15) is 31.2 Å². The maximum absolute atomic E-state index is 6.15. The molecule has 0 saturated heterocycles. The molecular weight excluding hydrogens is 232 g/mol. The summed E-state index contributed by atoms with van der Waals surface area (Å²) in [5, 5.41) is 0. The Morgan fingerprint density at radius 3 is 2.53 bits per heavy atom. The number of hydrogen-bond acceptors (Lipinski definition) is 2. The second-order valence-electron chi connectivity index (χ2n) is 5.01. The third-order valence-corrected chi connectivity index (χ3v) is 3.70. The Hall–Kier alpha value is -2.09. The standard InChI is InChI=1S/C17H18N2/c18-17-7-6-15(13-8-10-19-11-9-13)12-16(17)14-4-2-1-3-5-14/h4,6-12H,1-3,5,18H2. The normalized spacial score (nSPS) is 15.1. The molecule has 2 heteroatoms. The summed E-state index contributed by atoms with van der Waals surface area (Å²) >= 11 is 0. The summed E-state index contributed by atoms with van der Waals surface area (Å²) in [5.41, 5.74) is 12.0. The Morgan fingerprint density at radius 1 is 0.947 bits per heavy atom. The molecule has 2 nitrogen and oxygen atoms in total. The van der Waals surface area contributed by atoms with Crippen LogP contribution in [0.3, 0.4) is 0 Å². The summed E-state index contributed by atoms with van der Waals surface area (Å²) in [7, 11) is 0. The van der Waals surface area contributed by atoms with Gasteiger partial charge in [-0.1, -0.05) is 12.1 Å². The zero-order chi connectivity index (χ0) is 13.1. The lowest BCUT2D eigenvalue weighted by atomic mass is 9.91. The topological polar surface area (TPSA) is 38.9 Å². The number of allylic oxidation sites excluding steroid dienone is 2. The van der Waals surface area contributed by atoms with Crippen LogP contribution in [0, 0.1) is 0 Å². The lowest BCUT2D eigenvalue weighted by molar-refractivity contribution is 0.742. The Balaban J connectivity index is 2.03. The molecule has 0 amide bonds. The average Bonchev–Trinajstić information content (AvgIpc) is 2.49. The Morgan fingerprint density at radius 2 is 1.79 bits per heavy atom. The van der Waals surface area contributed by atoms with E-state index < -0.39 is 0 Å². The molecule has 0 fully saturated rings. The van der Waals surface area contributed by atoms with Crippen molar-refractivity contribution in [2.45, 2.75) is 25.7 Å². The van der Waals surface area contributed by atoms with Crippen molar-refractivity contribution in [3.63, 3.8) is 0 Å². The van der Waals surface area contributed by atoms with Crippen LogP contribution in [-0.4, -0.2) is 4.98 Å². The summed E-state index contributed by atoms with van der Waals surface area (Å²) in [6.45, 7) is 0. The molecule has 1 aromatic heterocycles. The summed E-state index contributed by atoms with van der Waals surface area (Å²) in [6.07, 6.45) is 10.9. The number of hydrogen-bond donors (Lipinski definition) is 1. The van der Waals surface area contributed by atoms with E-state index in [1.165, 1.54) is 41.5 Å². The predicted molar refractivity (Wildman–Crippen MR) is 80.5 cm³/mol. The minimum Gasteiger partial charge on any atom is -0.398 e. The summed E-state index contributed by atoms with van der Waals surface area (Å²) in [6, 6.07) is 10.4. The van der Waals surface area contributed by atoms with E-state index in [2.05, 4.69) is 23.2 Å². The number of nitrogens with zero attached hydrogens (tertiary/aromatic N) is 1. The van der Waals surface area contributed by atoms with E-state index in [9.17, 15) is 0 Å². The van der Waals surface area contributed by atoms with Crippen molar-refractivity contribution < 1.29 is 0 Å². The van der Waals surface area contributed by atoms with E-state index >= 15 is 0 Å². The van der Waals surface area contributed by atoms with Gasteiger partial charge in [-0.3, -0.25) is 4.98 Å². The van der Waals surface area contributed by atoms with E-state index in [1.54, 1.807) is 0 Å². The van der Waals surface area contributed by atoms with Gasteiger partial charge in [0, 0.05) is 23.6 Å². The van der Waals surface area contributed by atoms with Gasteiger partial charge in [0.2, 0.25) is 0 Å². The van der Waals surface area contributed by atoms with Gasteiger partial charge in [0.15, 0.2) is 0 Å². The van der Waals surface area contributed by atoms with Crippen molar-refractivity contribution in [2.24, 2.45) is 0 Å². The lowest BCUT2D eigenvalue weighted by Gasteiger charge is -2.16. The highest BCUT2D eigenvalue weighted by Gasteiger charge is 2.10. The van der Waals surface area contributed by atoms with Crippen molar-refractivity contribution in [1.82, 2.24) is 4.98 Å². The molecule has 0 radical (unpaired) electrons. The Kier molecular flexibility index (Phi) is 3.32. The molecule has 0 unspecified atom stereocenters. The average molecular weight is 250 g/mol. The Bertz CT molecular complexity index is 600. The van der Waals surface area contributed by atoms with E-state index in [0.717, 1.165) is 12.1 Å². The third-order valence-electron chi connectivity index (χ3n) is 3.70. The van der Waals surface area contributed by atoms with Gasteiger partial charge in [-0.05, 0) is 66.6 Å². The SMILES string of the molecule is Nc1ccc(-c2ccncc2)cc1C1=CCCCC1. The van der Waals surface area contributed by atoms with Crippen LogP contribution in [0.2, 0.25) is 0 Å². The van der Waals surface area contributed by atoms with Gasteiger partial charge in [-0.25, -0.2) is 0 Å². The number of nitrogen functional groups attached to an aromatic ring is 1. The molecule has 19 heavy (non-hydrogen) atoms. The molecule has 1 aliphatic carbocycles. The van der Waals surface area contributed by atoms with Gasteiger partial charge < -0.3 is 5.73 Å². The number of nitrogens with two attached hydrogens (primary N) is 1. The molecule has 1 aromatic carbocycles. The number of pyridine rings is 1. The fraction of sp³-hybridized carbons (Fsp3) is 0.235. The monoisotopic (exact) mass is 250 g/mol. The van der Waals surface area contributed by atoms with Crippen LogP contribution in [0.15, 0.2) is 48.8 Å². The third kappa shape index (κ3) is 2.53. The molecule has 0 aliphatic heterocycles. The van der Waals surface area contributed by atoms with Gasteiger partial charge >= 0.3 is 0 Å². The van der Waals surface area contributed by atoms with Crippen molar-refractivity contribution >= 4 is 11.3 Å². The molecule has 0 bridgehead atoms. The van der Waals surface area contributed by atoms with Crippen LogP contribution < -0.4 is 5.73 Å². The number of rotatable bonds is 2. The molecule has 3 rings (SSSR count). The van der Waals surface area contributed by atoms with Crippen LogP contribution in [0.4, 0.5) is 5.69 Å². The first-order valence-electron chi connectivity index (χ1n) is 6.84. The quantitative estimate of drug-likeness (QED) is 0.807. The second kappa shape index (κ2) is 5.27. The smallest absolute Gasteiger partial charge is 0.0390 e. The van der Waals surface area contributed by atoms with Crippen molar-refractivity contribution in [2.75, 3.05) is 5.73 Å². The maximum Gasteiger partial charge on any atom is 0.0390 e. The second-order valence-corrected chi connectivity index (χ2v) is 5.01. The van der Waals surface area contributed by atoms with Crippen LogP contribution in [0.25, 0.3) is 16.7 Å². The molecule has 96 valence electrons. The van der Waals surface area contributed by atoms with Crippen molar-refractivity contribution in [1.29, 1.82) is 0 Å². The first-order chi connectivity index (χ1) is 9.34. The van der Waals surface area contributed by atoms with Gasteiger partial charge in [0.1, 0.15) is 0 Å². The lowest BCUT2D eigenvalue weighted by Crippen LogP contribution is -1.97. The molecule has 0 spiro atoms. The molecule has 0 atom stereocenters. The van der Waals surface area contributed by atoms with Crippen LogP contribution in [-0.2, 0) is 0 Å². The van der Waals surface area contributed by atoms with Gasteiger partial charge in [0.25, 0.3) is 0 Å². The number of anilines is 1. The fourth-order valence-electron chi connectivity index (χ4n) is 2.64. The molecular formula is C17H18N2. The largest absolute Gasteiger partial charge is 0.398 e. The highest BCUT2D eigenvalue weighted by molar-refractivity contribution is 5.80. The van der Waals surface area contributed by atoms with Gasteiger partial charge in [-0.15, -0.1) is 0 Å². The van der Waals surface area contributed by atoms with Crippen LogP contribution >= 0.6 is 0 Å². The zero-order valence-corrected chi connectivity index (χ0v) is 11.0. The summed E-state index contributed by atoms with van der Waals surface area (Å²) in [5.74, 6) is 0. The van der Waals surface area contributed by atoms with Crippen molar-refractivity contribution in [3.8, 4) is 11.1 Å². The number of aromatic nitrogens is 1. The predicted octanol–water partition coefficient (Wildman–Crippen LogP) is 4.29. The molecule has 1 heterocycles. The molecule has 2 N–H and O–H groups in total. The minimum atomic E-state index is 0.881. The zero-order valence-electron chi connectivity index (χ0n) is 11.0. The molecule has 2 aromatic rings. The van der Waals surface area contributed by atoms with E-state index in [4.69, 9.17) is 5.73 Å². The highest BCUT2D eigenvalue weighted by Crippen LogP contribution is 2.33. The summed E-state index contributed by atoms with van der Waals surface area (Å²) < 4.78 is 0. The number of benzene rings is 1. The van der Waals surface area contributed by atoms with Gasteiger partial charge in [0.05, 0.1) is 0 Å². The molecule has 0 saturated carbocycles. The molecule has 1 aliphatic rings. The van der Waals surface area contributed by atoms with E-state index in [0.29, 0.717) is 0 Å². The fourth-order valence-corrected chi connectivity index (χ4v) is 2.64. The van der Waals surface area contributed by atoms with Gasteiger partial charge in [-0.2, -0.15) is 0 Å². The van der Waals surface area contributed by atoms with Crippen LogP contribution in [0.5, 0.6) is 0 Å². The van der Waals surface area contributed by atoms with E-state index in [-0.39, 0.29) is 0 Å².